The number of nitrogens with zero attached hydrogens (tertiary/aromatic N) is 3. The van der Waals surface area contributed by atoms with Crippen LogP contribution in [-0.2, 0) is 17.6 Å². The van der Waals surface area contributed by atoms with E-state index in [1.165, 1.54) is 6.33 Å². The van der Waals surface area contributed by atoms with Crippen molar-refractivity contribution in [2.45, 2.75) is 10.9 Å². The standard InChI is InChI=1S/C11H11N3O2S2/c1-14-11(12-7-13-14)18-6-9-8(4-5-17-9)2-3-10(15)16/h2-5,7H,6H2,1H3,(H,15,16)/b3-2+. The highest BCUT2D eigenvalue weighted by molar-refractivity contribution is 7.98. The van der Waals surface area contributed by atoms with Crippen LogP contribution in [0, 0.1) is 0 Å². The van der Waals surface area contributed by atoms with Gasteiger partial charge in [-0.15, -0.1) is 11.3 Å². The fraction of sp³-hybridized carbons (Fsp3) is 0.182. The fourth-order valence-corrected chi connectivity index (χ4v) is 3.21. The Morgan fingerprint density at radius 2 is 2.50 bits per heavy atom. The number of aliphatic carboxylic acids is 1. The first-order chi connectivity index (χ1) is 8.66. The molecule has 1 N–H and O–H groups in total. The van der Waals surface area contributed by atoms with E-state index >= 15 is 0 Å². The molecule has 0 spiro atoms. The van der Waals surface area contributed by atoms with Gasteiger partial charge < -0.3 is 5.11 Å². The third-order valence-electron chi connectivity index (χ3n) is 2.19. The van der Waals surface area contributed by atoms with Crippen LogP contribution in [0.5, 0.6) is 0 Å². The molecule has 0 saturated carbocycles. The molecule has 18 heavy (non-hydrogen) atoms. The lowest BCUT2D eigenvalue weighted by Gasteiger charge is -2.00. The number of hydrogen-bond acceptors (Lipinski definition) is 5. The predicted octanol–water partition coefficient (Wildman–Crippen LogP) is 2.27. The van der Waals surface area contributed by atoms with Crippen LogP contribution in [0.25, 0.3) is 6.08 Å². The van der Waals surface area contributed by atoms with Crippen LogP contribution in [0.2, 0.25) is 0 Å². The molecule has 0 aliphatic rings. The average molecular weight is 281 g/mol. The third kappa shape index (κ3) is 3.21. The lowest BCUT2D eigenvalue weighted by Crippen LogP contribution is -1.93. The minimum absolute atomic E-state index is 0.753. The number of rotatable bonds is 5. The number of carboxylic acid groups (broad SMARTS) is 1. The van der Waals surface area contributed by atoms with Gasteiger partial charge in [0.25, 0.3) is 0 Å². The van der Waals surface area contributed by atoms with E-state index in [1.807, 2.05) is 18.5 Å². The van der Waals surface area contributed by atoms with Crippen LogP contribution in [0.3, 0.4) is 0 Å². The lowest BCUT2D eigenvalue weighted by molar-refractivity contribution is -0.131. The molecule has 5 nitrogen and oxygen atoms in total. The molecule has 94 valence electrons. The van der Waals surface area contributed by atoms with Crippen LogP contribution in [-0.4, -0.2) is 25.8 Å². The Balaban J connectivity index is 2.04. The lowest BCUT2D eigenvalue weighted by atomic mass is 10.2. The van der Waals surface area contributed by atoms with Crippen molar-refractivity contribution in [3.63, 3.8) is 0 Å². The maximum atomic E-state index is 10.5. The normalized spacial score (nSPS) is 11.2. The molecule has 0 aromatic carbocycles. The molecule has 2 aromatic heterocycles. The minimum atomic E-state index is -0.937. The summed E-state index contributed by atoms with van der Waals surface area (Å²) in [7, 11) is 1.84. The Morgan fingerprint density at radius 1 is 1.67 bits per heavy atom. The molecule has 2 heterocycles. The smallest absolute Gasteiger partial charge is 0.328 e. The molecule has 0 fully saturated rings. The van der Waals surface area contributed by atoms with Crippen molar-refractivity contribution in [3.05, 3.63) is 34.3 Å². The van der Waals surface area contributed by atoms with E-state index < -0.39 is 5.97 Å². The van der Waals surface area contributed by atoms with Gasteiger partial charge in [-0.3, -0.25) is 0 Å². The molecule has 2 rings (SSSR count). The Hall–Kier alpha value is -1.60. The Labute approximate surface area is 112 Å². The zero-order valence-electron chi connectivity index (χ0n) is 9.61. The van der Waals surface area contributed by atoms with E-state index in [0.29, 0.717) is 0 Å². The highest BCUT2D eigenvalue weighted by Crippen LogP contribution is 2.26. The summed E-state index contributed by atoms with van der Waals surface area (Å²) < 4.78 is 1.71. The van der Waals surface area contributed by atoms with Crippen LogP contribution in [0.1, 0.15) is 10.4 Å². The molecule has 2 aromatic rings. The summed E-state index contributed by atoms with van der Waals surface area (Å²) >= 11 is 3.18. The highest BCUT2D eigenvalue weighted by atomic mass is 32.2. The number of thiophene rings is 1. The van der Waals surface area contributed by atoms with E-state index in [1.54, 1.807) is 33.9 Å². The Bertz CT molecular complexity index is 574. The van der Waals surface area contributed by atoms with Gasteiger partial charge in [0.15, 0.2) is 5.16 Å². The largest absolute Gasteiger partial charge is 0.478 e. The second kappa shape index (κ2) is 5.83. The number of carboxylic acids is 1. The SMILES string of the molecule is Cn1ncnc1SCc1sccc1/C=C/C(=O)O. The zero-order chi connectivity index (χ0) is 13.0. The van der Waals surface area contributed by atoms with Crippen LogP contribution in [0.4, 0.5) is 0 Å². The van der Waals surface area contributed by atoms with Crippen LogP contribution in [0.15, 0.2) is 29.0 Å². The maximum absolute atomic E-state index is 10.5. The maximum Gasteiger partial charge on any atom is 0.328 e. The quantitative estimate of drug-likeness (QED) is 0.672. The van der Waals surface area contributed by atoms with E-state index in [2.05, 4.69) is 10.1 Å². The number of aromatic nitrogens is 3. The molecular weight excluding hydrogens is 270 g/mol. The third-order valence-corrected chi connectivity index (χ3v) is 4.37. The van der Waals surface area contributed by atoms with Crippen LogP contribution < -0.4 is 0 Å². The summed E-state index contributed by atoms with van der Waals surface area (Å²) in [5, 5.41) is 15.4. The topological polar surface area (TPSA) is 68.0 Å². The van der Waals surface area contributed by atoms with Gasteiger partial charge >= 0.3 is 5.97 Å². The van der Waals surface area contributed by atoms with Crippen molar-refractivity contribution in [1.29, 1.82) is 0 Å². The average Bonchev–Trinajstić information content (AvgIpc) is 2.92. The van der Waals surface area contributed by atoms with Gasteiger partial charge in [0.05, 0.1) is 0 Å². The molecule has 0 radical (unpaired) electrons. The first-order valence-corrected chi connectivity index (χ1v) is 6.97. The van der Waals surface area contributed by atoms with Crippen molar-refractivity contribution in [1.82, 2.24) is 14.8 Å². The summed E-state index contributed by atoms with van der Waals surface area (Å²) in [6.45, 7) is 0. The molecule has 0 bridgehead atoms. The van der Waals surface area contributed by atoms with E-state index in [4.69, 9.17) is 5.11 Å². The number of thioether (sulfide) groups is 1. The summed E-state index contributed by atoms with van der Waals surface area (Å²) in [5.74, 6) is -0.183. The monoisotopic (exact) mass is 281 g/mol. The van der Waals surface area contributed by atoms with Crippen molar-refractivity contribution in [2.75, 3.05) is 0 Å². The van der Waals surface area contributed by atoms with Crippen LogP contribution >= 0.6 is 23.1 Å². The van der Waals surface area contributed by atoms with Gasteiger partial charge in [0, 0.05) is 23.8 Å². The second-order valence-electron chi connectivity index (χ2n) is 3.43. The summed E-state index contributed by atoms with van der Waals surface area (Å²) in [4.78, 5) is 15.7. The van der Waals surface area contributed by atoms with Gasteiger partial charge in [-0.1, -0.05) is 11.8 Å². The molecule has 7 heteroatoms. The van der Waals surface area contributed by atoms with Crippen molar-refractivity contribution >= 4 is 35.1 Å². The summed E-state index contributed by atoms with van der Waals surface area (Å²) in [5.41, 5.74) is 0.942. The van der Waals surface area contributed by atoms with Gasteiger partial charge in [0.2, 0.25) is 0 Å². The first-order valence-electron chi connectivity index (χ1n) is 5.11. The first kappa shape index (κ1) is 12.8. The zero-order valence-corrected chi connectivity index (χ0v) is 11.2. The molecular formula is C11H11N3O2S2. The predicted molar refractivity (Wildman–Crippen MR) is 71.6 cm³/mol. The van der Waals surface area contributed by atoms with E-state index in [-0.39, 0.29) is 0 Å². The van der Waals surface area contributed by atoms with Crippen molar-refractivity contribution < 1.29 is 9.90 Å². The van der Waals surface area contributed by atoms with Gasteiger partial charge in [-0.2, -0.15) is 5.10 Å². The number of carbonyl (C=O) groups is 1. The molecule has 0 aliphatic carbocycles. The number of aryl methyl sites for hydroxylation is 1. The Morgan fingerprint density at radius 3 is 3.17 bits per heavy atom. The second-order valence-corrected chi connectivity index (χ2v) is 5.37. The van der Waals surface area contributed by atoms with E-state index in [9.17, 15) is 4.79 Å². The highest BCUT2D eigenvalue weighted by Gasteiger charge is 2.06. The van der Waals surface area contributed by atoms with E-state index in [0.717, 1.165) is 27.4 Å². The molecule has 0 unspecified atom stereocenters. The Kier molecular flexibility index (Phi) is 4.16. The van der Waals surface area contributed by atoms with Gasteiger partial charge in [-0.25, -0.2) is 14.5 Å². The molecule has 0 aliphatic heterocycles. The molecule has 0 atom stereocenters. The van der Waals surface area contributed by atoms with Crippen molar-refractivity contribution in [3.8, 4) is 0 Å². The van der Waals surface area contributed by atoms with Gasteiger partial charge in [-0.05, 0) is 23.1 Å². The minimum Gasteiger partial charge on any atom is -0.478 e. The molecule has 0 amide bonds. The summed E-state index contributed by atoms with van der Waals surface area (Å²) in [6.07, 6.45) is 4.28. The molecule has 0 saturated heterocycles. The van der Waals surface area contributed by atoms with Gasteiger partial charge in [0.1, 0.15) is 6.33 Å². The van der Waals surface area contributed by atoms with Crippen molar-refractivity contribution in [2.24, 2.45) is 7.05 Å². The fourth-order valence-electron chi connectivity index (χ4n) is 1.32. The number of hydrogen-bond donors (Lipinski definition) is 1. The summed E-state index contributed by atoms with van der Waals surface area (Å²) in [6, 6.07) is 1.91.